The van der Waals surface area contributed by atoms with Crippen molar-refractivity contribution in [2.75, 3.05) is 11.5 Å². The zero-order valence-corrected chi connectivity index (χ0v) is 16.0. The SMILES string of the molecule is Cc1csc(-c2cc(C(N)=O)c3[nH]cc(C4CCS(O)(O)CC4)c3c2)n1. The molecule has 2 aromatic heterocycles. The summed E-state index contributed by atoms with van der Waals surface area (Å²) >= 11 is 1.54. The lowest BCUT2D eigenvalue weighted by molar-refractivity contribution is 0.100. The van der Waals surface area contributed by atoms with E-state index >= 15 is 0 Å². The normalized spacial score (nSPS) is 18.9. The van der Waals surface area contributed by atoms with E-state index in [9.17, 15) is 13.9 Å². The number of nitrogens with two attached hydrogens (primary N) is 1. The summed E-state index contributed by atoms with van der Waals surface area (Å²) < 4.78 is 19.8. The summed E-state index contributed by atoms with van der Waals surface area (Å²) in [6.07, 6.45) is 3.37. The van der Waals surface area contributed by atoms with Gasteiger partial charge >= 0.3 is 0 Å². The maximum atomic E-state index is 12.0. The average molecular weight is 392 g/mol. The van der Waals surface area contributed by atoms with Crippen LogP contribution in [0.5, 0.6) is 0 Å². The Kier molecular flexibility index (Phi) is 4.31. The average Bonchev–Trinajstić information content (AvgIpc) is 3.20. The van der Waals surface area contributed by atoms with Crippen LogP contribution in [0.25, 0.3) is 21.5 Å². The monoisotopic (exact) mass is 391 g/mol. The van der Waals surface area contributed by atoms with E-state index in [0.717, 1.165) is 45.6 Å². The van der Waals surface area contributed by atoms with Gasteiger partial charge in [0.15, 0.2) is 0 Å². The number of hydrogen-bond acceptors (Lipinski definition) is 5. The molecule has 1 aliphatic rings. The molecule has 4 rings (SSSR count). The molecule has 1 saturated heterocycles. The summed E-state index contributed by atoms with van der Waals surface area (Å²) in [5.41, 5.74) is 9.74. The Morgan fingerprint density at radius 1 is 1.35 bits per heavy atom. The summed E-state index contributed by atoms with van der Waals surface area (Å²) in [7, 11) is -2.42. The van der Waals surface area contributed by atoms with Crippen molar-refractivity contribution in [3.05, 3.63) is 40.5 Å². The van der Waals surface area contributed by atoms with Crippen molar-refractivity contribution in [2.24, 2.45) is 5.73 Å². The number of benzene rings is 1. The number of H-pyrrole nitrogens is 1. The van der Waals surface area contributed by atoms with Crippen molar-refractivity contribution in [2.45, 2.75) is 25.7 Å². The maximum Gasteiger partial charge on any atom is 0.250 e. The van der Waals surface area contributed by atoms with Crippen LogP contribution in [0, 0.1) is 6.92 Å². The van der Waals surface area contributed by atoms with Crippen LogP contribution in [0.1, 0.15) is 40.4 Å². The first-order chi connectivity index (χ1) is 12.3. The Labute approximate surface area is 156 Å². The zero-order valence-electron chi connectivity index (χ0n) is 14.4. The van der Waals surface area contributed by atoms with Gasteiger partial charge in [-0.05, 0) is 43.4 Å². The lowest BCUT2D eigenvalue weighted by Gasteiger charge is -2.39. The van der Waals surface area contributed by atoms with Gasteiger partial charge in [-0.1, -0.05) is 0 Å². The fourth-order valence-electron chi connectivity index (χ4n) is 3.61. The van der Waals surface area contributed by atoms with Gasteiger partial charge in [-0.25, -0.2) is 4.98 Å². The van der Waals surface area contributed by atoms with Gasteiger partial charge in [0, 0.05) is 39.7 Å². The lowest BCUT2D eigenvalue weighted by atomic mass is 9.92. The predicted octanol–water partition coefficient (Wildman–Crippen LogP) is 4.33. The first-order valence-electron chi connectivity index (χ1n) is 8.45. The number of amides is 1. The van der Waals surface area contributed by atoms with Gasteiger partial charge in [0.05, 0.1) is 11.1 Å². The van der Waals surface area contributed by atoms with E-state index in [2.05, 4.69) is 16.0 Å². The molecule has 0 atom stereocenters. The van der Waals surface area contributed by atoms with Gasteiger partial charge in [-0.15, -0.1) is 11.3 Å². The van der Waals surface area contributed by atoms with Gasteiger partial charge in [-0.2, -0.15) is 10.6 Å². The molecule has 1 aliphatic heterocycles. The number of thiazole rings is 1. The Morgan fingerprint density at radius 3 is 2.69 bits per heavy atom. The van der Waals surface area contributed by atoms with E-state index in [0.29, 0.717) is 17.1 Å². The molecule has 1 aromatic carbocycles. The van der Waals surface area contributed by atoms with Crippen LogP contribution in [-0.4, -0.2) is 36.5 Å². The number of primary amides is 1. The highest BCUT2D eigenvalue weighted by Gasteiger charge is 2.27. The second kappa shape index (κ2) is 6.38. The van der Waals surface area contributed by atoms with Crippen molar-refractivity contribution in [3.63, 3.8) is 0 Å². The molecule has 3 heterocycles. The maximum absolute atomic E-state index is 12.0. The number of aryl methyl sites for hydroxylation is 1. The number of nitrogens with one attached hydrogen (secondary N) is 1. The third-order valence-electron chi connectivity index (χ3n) is 4.98. The molecule has 0 bridgehead atoms. The standard InChI is InChI=1S/C18H21N3O3S2/c1-10-9-25-18(21-10)12-6-13-15(11-2-4-26(23,24)5-3-11)8-20-16(13)14(7-12)17(19)22/h6-9,11,20,23-24H,2-5H2,1H3,(H2,19,22). The van der Waals surface area contributed by atoms with Gasteiger partial charge in [0.25, 0.3) is 5.91 Å². The molecule has 0 radical (unpaired) electrons. The fourth-order valence-corrected chi connectivity index (χ4v) is 5.93. The number of fused-ring (bicyclic) bond motifs is 1. The number of aromatic nitrogens is 2. The fraction of sp³-hybridized carbons (Fsp3) is 0.333. The Morgan fingerprint density at radius 2 is 2.08 bits per heavy atom. The van der Waals surface area contributed by atoms with E-state index in [1.807, 2.05) is 18.5 Å². The van der Waals surface area contributed by atoms with Crippen molar-refractivity contribution in [3.8, 4) is 10.6 Å². The molecule has 1 fully saturated rings. The summed E-state index contributed by atoms with van der Waals surface area (Å²) in [4.78, 5) is 19.7. The third kappa shape index (κ3) is 3.14. The first-order valence-corrected chi connectivity index (χ1v) is 11.2. The third-order valence-corrected chi connectivity index (χ3v) is 7.77. The minimum atomic E-state index is -2.42. The zero-order chi connectivity index (χ0) is 18.5. The highest BCUT2D eigenvalue weighted by Crippen LogP contribution is 2.49. The molecular weight excluding hydrogens is 370 g/mol. The minimum Gasteiger partial charge on any atom is -0.366 e. The summed E-state index contributed by atoms with van der Waals surface area (Å²) in [5.74, 6) is 0.616. The Balaban J connectivity index is 1.83. The highest BCUT2D eigenvalue weighted by atomic mass is 32.3. The molecule has 6 nitrogen and oxygen atoms in total. The second-order valence-corrected chi connectivity index (χ2v) is 10.1. The minimum absolute atomic E-state index is 0.234. The molecule has 8 heteroatoms. The molecule has 0 unspecified atom stereocenters. The van der Waals surface area contributed by atoms with E-state index in [1.165, 1.54) is 11.3 Å². The smallest absolute Gasteiger partial charge is 0.250 e. The molecule has 5 N–H and O–H groups in total. The Bertz CT molecular complexity index is 983. The number of carbonyl (C=O) groups is 1. The summed E-state index contributed by atoms with van der Waals surface area (Å²) in [5, 5.41) is 3.80. The number of hydrogen-bond donors (Lipinski definition) is 4. The molecular formula is C18H21N3O3S2. The lowest BCUT2D eigenvalue weighted by Crippen LogP contribution is -2.19. The van der Waals surface area contributed by atoms with Crippen LogP contribution < -0.4 is 5.73 Å². The topological polar surface area (TPSA) is 112 Å². The van der Waals surface area contributed by atoms with Crippen molar-refractivity contribution in [1.29, 1.82) is 0 Å². The van der Waals surface area contributed by atoms with Crippen molar-refractivity contribution in [1.82, 2.24) is 9.97 Å². The highest BCUT2D eigenvalue weighted by molar-refractivity contribution is 8.24. The summed E-state index contributed by atoms with van der Waals surface area (Å²) in [6.45, 7) is 1.94. The molecule has 3 aromatic rings. The van der Waals surface area contributed by atoms with E-state index in [-0.39, 0.29) is 5.92 Å². The van der Waals surface area contributed by atoms with Crippen LogP contribution in [0.2, 0.25) is 0 Å². The van der Waals surface area contributed by atoms with E-state index < -0.39 is 16.5 Å². The van der Waals surface area contributed by atoms with E-state index in [1.54, 1.807) is 6.07 Å². The largest absolute Gasteiger partial charge is 0.366 e. The van der Waals surface area contributed by atoms with E-state index in [4.69, 9.17) is 5.73 Å². The second-order valence-electron chi connectivity index (χ2n) is 6.83. The number of rotatable bonds is 3. The Hall–Kier alpha value is -1.87. The first kappa shape index (κ1) is 17.5. The molecule has 26 heavy (non-hydrogen) atoms. The van der Waals surface area contributed by atoms with Crippen molar-refractivity contribution >= 4 is 38.7 Å². The van der Waals surface area contributed by atoms with Crippen molar-refractivity contribution < 1.29 is 13.9 Å². The van der Waals surface area contributed by atoms with Crippen LogP contribution >= 0.6 is 21.9 Å². The number of aromatic amines is 1. The molecule has 0 aliphatic carbocycles. The van der Waals surface area contributed by atoms with Gasteiger partial charge in [0.1, 0.15) is 5.01 Å². The van der Waals surface area contributed by atoms with Crippen LogP contribution in [0.3, 0.4) is 0 Å². The van der Waals surface area contributed by atoms with Gasteiger partial charge in [-0.3, -0.25) is 13.9 Å². The molecule has 0 spiro atoms. The van der Waals surface area contributed by atoms with Crippen LogP contribution in [0.15, 0.2) is 23.7 Å². The molecule has 0 saturated carbocycles. The van der Waals surface area contributed by atoms with Crippen LogP contribution in [0.4, 0.5) is 0 Å². The predicted molar refractivity (Wildman–Crippen MR) is 107 cm³/mol. The number of nitrogens with zero attached hydrogens (tertiary/aromatic N) is 1. The number of carbonyl (C=O) groups excluding carboxylic acids is 1. The quantitative estimate of drug-likeness (QED) is 0.532. The molecule has 138 valence electrons. The van der Waals surface area contributed by atoms with Crippen LogP contribution in [-0.2, 0) is 0 Å². The molecule has 1 amide bonds. The van der Waals surface area contributed by atoms with Gasteiger partial charge < -0.3 is 10.7 Å². The summed E-state index contributed by atoms with van der Waals surface area (Å²) in [6, 6.07) is 3.85. The van der Waals surface area contributed by atoms with Gasteiger partial charge in [0.2, 0.25) is 0 Å².